The van der Waals surface area contributed by atoms with Crippen LogP contribution in [-0.4, -0.2) is 52.5 Å². The summed E-state index contributed by atoms with van der Waals surface area (Å²) in [5.74, 6) is -0.963. The van der Waals surface area contributed by atoms with E-state index < -0.39 is 5.97 Å². The highest BCUT2D eigenvalue weighted by Gasteiger charge is 2.27. The van der Waals surface area contributed by atoms with Gasteiger partial charge in [-0.1, -0.05) is 6.08 Å². The van der Waals surface area contributed by atoms with E-state index in [-0.39, 0.29) is 24.5 Å². The summed E-state index contributed by atoms with van der Waals surface area (Å²) in [5, 5.41) is 8.93. The highest BCUT2D eigenvalue weighted by atomic mass is 16.4. The molecular formula is C14H24N2O3. The van der Waals surface area contributed by atoms with Crippen LogP contribution in [0.25, 0.3) is 0 Å². The molecule has 1 aliphatic rings. The maximum atomic E-state index is 12.2. The van der Waals surface area contributed by atoms with Crippen LogP contribution in [0.15, 0.2) is 11.8 Å². The molecule has 0 aliphatic heterocycles. The minimum Gasteiger partial charge on any atom is -0.480 e. The first-order valence-corrected chi connectivity index (χ1v) is 6.64. The summed E-state index contributed by atoms with van der Waals surface area (Å²) in [6.45, 7) is 5.75. The molecule has 1 rings (SSSR count). The van der Waals surface area contributed by atoms with E-state index in [4.69, 9.17) is 5.11 Å². The van der Waals surface area contributed by atoms with Gasteiger partial charge in [0.1, 0.15) is 0 Å². The van der Waals surface area contributed by atoms with Gasteiger partial charge >= 0.3 is 5.97 Å². The van der Waals surface area contributed by atoms with Gasteiger partial charge in [0.15, 0.2) is 0 Å². The zero-order valence-corrected chi connectivity index (χ0v) is 12.3. The highest BCUT2D eigenvalue weighted by molar-refractivity contribution is 5.80. The Hall–Kier alpha value is -1.36. The van der Waals surface area contributed by atoms with Crippen LogP contribution < -0.4 is 0 Å². The molecule has 19 heavy (non-hydrogen) atoms. The zero-order valence-electron chi connectivity index (χ0n) is 12.3. The number of hydrogen-bond acceptors (Lipinski definition) is 3. The van der Waals surface area contributed by atoms with Gasteiger partial charge in [-0.2, -0.15) is 0 Å². The maximum absolute atomic E-state index is 12.2. The summed E-state index contributed by atoms with van der Waals surface area (Å²) in [7, 11) is 1.76. The summed E-state index contributed by atoms with van der Waals surface area (Å²) < 4.78 is 0. The number of amides is 1. The van der Waals surface area contributed by atoms with Crippen LogP contribution in [0.2, 0.25) is 0 Å². The summed E-state index contributed by atoms with van der Waals surface area (Å²) in [6.07, 6.45) is 5.11. The molecule has 0 spiro atoms. The third-order valence-electron chi connectivity index (χ3n) is 3.42. The standard InChI is InChI=1S/C14H24N2O3/c1-14(2,3)16(10-13(18)19)9-12(17)15(4)11-7-5-6-8-11/h7H,5-6,8-10H2,1-4H3,(H,18,19). The monoisotopic (exact) mass is 268 g/mol. The van der Waals surface area contributed by atoms with Gasteiger partial charge in [-0.25, -0.2) is 0 Å². The van der Waals surface area contributed by atoms with Gasteiger partial charge in [-0.15, -0.1) is 0 Å². The molecule has 5 heteroatoms. The summed E-state index contributed by atoms with van der Waals surface area (Å²) in [5.41, 5.74) is 0.702. The Bertz CT molecular complexity index is 383. The Labute approximate surface area is 114 Å². The van der Waals surface area contributed by atoms with Crippen molar-refractivity contribution in [2.24, 2.45) is 0 Å². The number of carbonyl (C=O) groups excluding carboxylic acids is 1. The summed E-state index contributed by atoms with van der Waals surface area (Å²) in [6, 6.07) is 0. The molecular weight excluding hydrogens is 244 g/mol. The molecule has 0 radical (unpaired) electrons. The molecule has 0 unspecified atom stereocenters. The fraction of sp³-hybridized carbons (Fsp3) is 0.714. The fourth-order valence-electron chi connectivity index (χ4n) is 2.08. The molecule has 0 aromatic carbocycles. The average Bonchev–Trinajstić information content (AvgIpc) is 2.78. The van der Waals surface area contributed by atoms with Gasteiger partial charge < -0.3 is 10.0 Å². The van der Waals surface area contributed by atoms with Crippen molar-refractivity contribution in [3.8, 4) is 0 Å². The normalized spacial score (nSPS) is 15.5. The molecule has 108 valence electrons. The van der Waals surface area contributed by atoms with Crippen LogP contribution in [-0.2, 0) is 9.59 Å². The third kappa shape index (κ3) is 4.67. The molecule has 1 N–H and O–H groups in total. The minimum atomic E-state index is -0.912. The van der Waals surface area contributed by atoms with Crippen LogP contribution in [0, 0.1) is 0 Å². The number of rotatable bonds is 5. The van der Waals surface area contributed by atoms with Crippen LogP contribution in [0.5, 0.6) is 0 Å². The smallest absolute Gasteiger partial charge is 0.317 e. The van der Waals surface area contributed by atoms with Crippen molar-refractivity contribution < 1.29 is 14.7 Å². The second kappa shape index (κ2) is 6.19. The van der Waals surface area contributed by atoms with Crippen molar-refractivity contribution in [2.75, 3.05) is 20.1 Å². The molecule has 1 amide bonds. The SMILES string of the molecule is CN(C(=O)CN(CC(=O)O)C(C)(C)C)C1=CCCC1. The topological polar surface area (TPSA) is 60.9 Å². The van der Waals surface area contributed by atoms with Gasteiger partial charge in [-0.3, -0.25) is 14.5 Å². The lowest BCUT2D eigenvalue weighted by Crippen LogP contribution is -2.49. The number of carboxylic acid groups (broad SMARTS) is 1. The van der Waals surface area contributed by atoms with Crippen molar-refractivity contribution in [1.29, 1.82) is 0 Å². The molecule has 0 heterocycles. The Morgan fingerprint density at radius 1 is 1.32 bits per heavy atom. The highest BCUT2D eigenvalue weighted by Crippen LogP contribution is 2.21. The summed E-state index contributed by atoms with van der Waals surface area (Å²) >= 11 is 0. The predicted octanol–water partition coefficient (Wildman–Crippen LogP) is 1.70. The van der Waals surface area contributed by atoms with Gasteiger partial charge in [0.25, 0.3) is 0 Å². The molecule has 5 nitrogen and oxygen atoms in total. The first-order valence-electron chi connectivity index (χ1n) is 6.64. The Kier molecular flexibility index (Phi) is 5.11. The third-order valence-corrected chi connectivity index (χ3v) is 3.42. The van der Waals surface area contributed by atoms with Crippen molar-refractivity contribution in [1.82, 2.24) is 9.80 Å². The number of aliphatic carboxylic acids is 1. The lowest BCUT2D eigenvalue weighted by Gasteiger charge is -2.35. The minimum absolute atomic E-state index is 0.0516. The van der Waals surface area contributed by atoms with E-state index in [2.05, 4.69) is 6.08 Å². The molecule has 0 atom stereocenters. The molecule has 0 aromatic rings. The summed E-state index contributed by atoms with van der Waals surface area (Å²) in [4.78, 5) is 26.4. The van der Waals surface area contributed by atoms with E-state index in [0.717, 1.165) is 25.0 Å². The zero-order chi connectivity index (χ0) is 14.6. The van der Waals surface area contributed by atoms with E-state index in [1.165, 1.54) is 0 Å². The van der Waals surface area contributed by atoms with Crippen LogP contribution in [0.4, 0.5) is 0 Å². The fourth-order valence-corrected chi connectivity index (χ4v) is 2.08. The molecule has 0 bridgehead atoms. The molecule has 0 fully saturated rings. The van der Waals surface area contributed by atoms with Gasteiger partial charge in [0.05, 0.1) is 13.1 Å². The van der Waals surface area contributed by atoms with E-state index in [1.54, 1.807) is 16.8 Å². The van der Waals surface area contributed by atoms with Crippen LogP contribution >= 0.6 is 0 Å². The van der Waals surface area contributed by atoms with Crippen molar-refractivity contribution >= 4 is 11.9 Å². The van der Waals surface area contributed by atoms with Crippen molar-refractivity contribution in [2.45, 2.75) is 45.6 Å². The quantitative estimate of drug-likeness (QED) is 0.824. The Morgan fingerprint density at radius 3 is 2.37 bits per heavy atom. The number of hydrogen-bond donors (Lipinski definition) is 1. The van der Waals surface area contributed by atoms with E-state index >= 15 is 0 Å². The van der Waals surface area contributed by atoms with Gasteiger partial charge in [0, 0.05) is 18.3 Å². The van der Waals surface area contributed by atoms with Crippen molar-refractivity contribution in [3.63, 3.8) is 0 Å². The number of carboxylic acids is 1. The van der Waals surface area contributed by atoms with Crippen molar-refractivity contribution in [3.05, 3.63) is 11.8 Å². The van der Waals surface area contributed by atoms with Gasteiger partial charge in [0.2, 0.25) is 5.91 Å². The number of likely N-dealkylation sites (N-methyl/N-ethyl adjacent to an activating group) is 1. The van der Waals surface area contributed by atoms with E-state index in [9.17, 15) is 9.59 Å². The van der Waals surface area contributed by atoms with Crippen LogP contribution in [0.1, 0.15) is 40.0 Å². The van der Waals surface area contributed by atoms with Gasteiger partial charge in [-0.05, 0) is 40.0 Å². The first kappa shape index (κ1) is 15.7. The molecule has 0 saturated carbocycles. The lowest BCUT2D eigenvalue weighted by molar-refractivity contribution is -0.141. The van der Waals surface area contributed by atoms with E-state index in [0.29, 0.717) is 0 Å². The average molecular weight is 268 g/mol. The van der Waals surface area contributed by atoms with Crippen LogP contribution in [0.3, 0.4) is 0 Å². The van der Waals surface area contributed by atoms with E-state index in [1.807, 2.05) is 20.8 Å². The predicted molar refractivity (Wildman–Crippen MR) is 73.7 cm³/mol. The molecule has 1 aliphatic carbocycles. The molecule has 0 saturated heterocycles. The lowest BCUT2D eigenvalue weighted by atomic mass is 10.1. The molecule has 0 aromatic heterocycles. The second-order valence-electron chi connectivity index (χ2n) is 5.96. The second-order valence-corrected chi connectivity index (χ2v) is 5.96. The first-order chi connectivity index (χ1) is 8.71. The number of carbonyl (C=O) groups is 2. The Balaban J connectivity index is 2.67. The maximum Gasteiger partial charge on any atom is 0.317 e. The Morgan fingerprint density at radius 2 is 1.95 bits per heavy atom. The number of allylic oxidation sites excluding steroid dienone is 2. The number of nitrogens with zero attached hydrogens (tertiary/aromatic N) is 2. The largest absolute Gasteiger partial charge is 0.480 e.